The molecule has 0 saturated heterocycles. The molecule has 150 valence electrons. The zero-order valence-electron chi connectivity index (χ0n) is 18.1. The highest BCUT2D eigenvalue weighted by Gasteiger charge is 2.53. The number of hydrogen-bond donors (Lipinski definition) is 0. The van der Waals surface area contributed by atoms with E-state index in [1.165, 1.54) is 6.42 Å². The largest absolute Gasteiger partial charge is 0.239 e. The van der Waals surface area contributed by atoms with Gasteiger partial charge in [-0.05, 0) is 58.3 Å². The molecule has 4 nitrogen and oxygen atoms in total. The molecule has 0 amide bonds. The van der Waals surface area contributed by atoms with E-state index in [1.54, 1.807) is 0 Å². The summed E-state index contributed by atoms with van der Waals surface area (Å²) in [6.07, 6.45) is 5.78. The fourth-order valence-corrected chi connectivity index (χ4v) is 3.21. The van der Waals surface area contributed by atoms with Gasteiger partial charge in [-0.15, -0.1) is 0 Å². The highest BCUT2D eigenvalue weighted by Crippen LogP contribution is 2.46. The molecule has 0 bridgehead atoms. The Morgan fingerprint density at radius 3 is 1.52 bits per heavy atom. The van der Waals surface area contributed by atoms with Crippen LogP contribution in [0, 0.1) is 17.8 Å². The van der Waals surface area contributed by atoms with Crippen molar-refractivity contribution < 1.29 is 19.6 Å². The van der Waals surface area contributed by atoms with Crippen molar-refractivity contribution >= 4 is 0 Å². The second-order valence-corrected chi connectivity index (χ2v) is 8.61. The van der Waals surface area contributed by atoms with E-state index in [9.17, 15) is 0 Å². The lowest BCUT2D eigenvalue weighted by molar-refractivity contribution is -0.571. The average molecular weight is 359 g/mol. The third-order valence-electron chi connectivity index (χ3n) is 6.97. The van der Waals surface area contributed by atoms with Gasteiger partial charge in [-0.25, -0.2) is 9.78 Å². The first-order valence-corrected chi connectivity index (χ1v) is 10.4. The summed E-state index contributed by atoms with van der Waals surface area (Å²) < 4.78 is 0. The average Bonchev–Trinajstić information content (AvgIpc) is 2.64. The predicted octanol–water partition coefficient (Wildman–Crippen LogP) is 6.44. The second kappa shape index (κ2) is 9.16. The van der Waals surface area contributed by atoms with Crippen LogP contribution in [-0.4, -0.2) is 17.0 Å². The van der Waals surface area contributed by atoms with Crippen LogP contribution >= 0.6 is 0 Å². The van der Waals surface area contributed by atoms with Gasteiger partial charge in [0.15, 0.2) is 0 Å². The molecule has 3 unspecified atom stereocenters. The van der Waals surface area contributed by atoms with E-state index in [-0.39, 0.29) is 23.0 Å². The van der Waals surface area contributed by atoms with Gasteiger partial charge in [0, 0.05) is 11.8 Å². The van der Waals surface area contributed by atoms with E-state index >= 15 is 0 Å². The molecule has 0 spiro atoms. The van der Waals surface area contributed by atoms with E-state index < -0.39 is 5.79 Å². The SMILES string of the molecule is CCC(C)(CC)OOC1(OOC(C)(CC)CC)C(C)CCC(C)C1C. The standard InChI is InChI=1S/C21H42O4/c1-10-19(8,11-2)22-24-21(25-23-20(9,12-3)13-4)17(6)15-14-16(5)18(21)7/h16-18H,10-15H2,1-9H3. The van der Waals surface area contributed by atoms with E-state index in [4.69, 9.17) is 19.6 Å². The Labute approximate surface area is 155 Å². The Morgan fingerprint density at radius 1 is 0.760 bits per heavy atom. The Bertz CT molecular complexity index is 365. The van der Waals surface area contributed by atoms with Gasteiger partial charge in [-0.3, -0.25) is 0 Å². The van der Waals surface area contributed by atoms with Gasteiger partial charge < -0.3 is 0 Å². The summed E-state index contributed by atoms with van der Waals surface area (Å²) in [5.74, 6) is 0.0173. The monoisotopic (exact) mass is 358 g/mol. The van der Waals surface area contributed by atoms with Gasteiger partial charge in [-0.2, -0.15) is 9.78 Å². The fourth-order valence-electron chi connectivity index (χ4n) is 3.21. The summed E-state index contributed by atoms with van der Waals surface area (Å²) in [7, 11) is 0. The van der Waals surface area contributed by atoms with Crippen molar-refractivity contribution in [3.63, 3.8) is 0 Å². The summed E-state index contributed by atoms with van der Waals surface area (Å²) >= 11 is 0. The third-order valence-corrected chi connectivity index (χ3v) is 6.97. The van der Waals surface area contributed by atoms with Crippen LogP contribution in [0.2, 0.25) is 0 Å². The summed E-state index contributed by atoms with van der Waals surface area (Å²) in [5, 5.41) is 0. The first-order valence-electron chi connectivity index (χ1n) is 10.4. The van der Waals surface area contributed by atoms with Crippen LogP contribution in [0.25, 0.3) is 0 Å². The number of rotatable bonds is 10. The van der Waals surface area contributed by atoms with E-state index in [2.05, 4.69) is 62.3 Å². The van der Waals surface area contributed by atoms with Crippen LogP contribution < -0.4 is 0 Å². The van der Waals surface area contributed by atoms with Gasteiger partial charge >= 0.3 is 0 Å². The molecule has 1 aliphatic carbocycles. The zero-order valence-corrected chi connectivity index (χ0v) is 18.1. The summed E-state index contributed by atoms with van der Waals surface area (Å²) in [6.45, 7) is 19.3. The first-order chi connectivity index (χ1) is 11.6. The van der Waals surface area contributed by atoms with Gasteiger partial charge in [0.1, 0.15) is 11.2 Å². The van der Waals surface area contributed by atoms with Crippen molar-refractivity contribution in [3.8, 4) is 0 Å². The molecule has 1 aliphatic rings. The van der Waals surface area contributed by atoms with Crippen molar-refractivity contribution in [2.24, 2.45) is 17.8 Å². The Balaban J connectivity index is 3.04. The topological polar surface area (TPSA) is 36.9 Å². The van der Waals surface area contributed by atoms with Crippen molar-refractivity contribution in [1.82, 2.24) is 0 Å². The Kier molecular flexibility index (Phi) is 8.39. The molecule has 0 radical (unpaired) electrons. The zero-order chi connectivity index (χ0) is 19.3. The molecular weight excluding hydrogens is 316 g/mol. The highest BCUT2D eigenvalue weighted by molar-refractivity contribution is 4.89. The molecule has 0 aromatic rings. The van der Waals surface area contributed by atoms with Gasteiger partial charge in [-0.1, -0.05) is 48.5 Å². The minimum Gasteiger partial charge on any atom is -0.227 e. The quantitative estimate of drug-likeness (QED) is 0.256. The molecular formula is C21H42O4. The van der Waals surface area contributed by atoms with Crippen LogP contribution in [0.4, 0.5) is 0 Å². The van der Waals surface area contributed by atoms with Crippen molar-refractivity contribution in [1.29, 1.82) is 0 Å². The molecule has 0 N–H and O–H groups in total. The van der Waals surface area contributed by atoms with Crippen molar-refractivity contribution in [3.05, 3.63) is 0 Å². The molecule has 0 aliphatic heterocycles. The van der Waals surface area contributed by atoms with Crippen molar-refractivity contribution in [2.75, 3.05) is 0 Å². The number of hydrogen-bond acceptors (Lipinski definition) is 4. The molecule has 1 rings (SSSR count). The minimum atomic E-state index is -0.866. The highest BCUT2D eigenvalue weighted by atomic mass is 17.3. The maximum absolute atomic E-state index is 6.15. The lowest BCUT2D eigenvalue weighted by atomic mass is 9.71. The summed E-state index contributed by atoms with van der Waals surface area (Å²) in [5.41, 5.74) is -0.620. The molecule has 1 fully saturated rings. The second-order valence-electron chi connectivity index (χ2n) is 8.61. The van der Waals surface area contributed by atoms with E-state index in [0.29, 0.717) is 5.92 Å². The first kappa shape index (κ1) is 22.9. The van der Waals surface area contributed by atoms with Crippen LogP contribution in [0.5, 0.6) is 0 Å². The van der Waals surface area contributed by atoms with Gasteiger partial charge in [0.25, 0.3) is 0 Å². The fraction of sp³-hybridized carbons (Fsp3) is 1.00. The van der Waals surface area contributed by atoms with E-state index in [0.717, 1.165) is 32.1 Å². The maximum Gasteiger partial charge on any atom is 0.239 e. The molecule has 25 heavy (non-hydrogen) atoms. The predicted molar refractivity (Wildman–Crippen MR) is 102 cm³/mol. The Morgan fingerprint density at radius 2 is 1.16 bits per heavy atom. The lowest BCUT2D eigenvalue weighted by Crippen LogP contribution is -2.55. The molecule has 4 heteroatoms. The maximum atomic E-state index is 6.15. The summed E-state index contributed by atoms with van der Waals surface area (Å²) in [4.78, 5) is 24.3. The van der Waals surface area contributed by atoms with E-state index in [1.807, 2.05) is 0 Å². The van der Waals surface area contributed by atoms with Crippen LogP contribution in [-0.2, 0) is 19.6 Å². The van der Waals surface area contributed by atoms with Gasteiger partial charge in [0.05, 0.1) is 0 Å². The normalized spacial score (nSPS) is 27.5. The molecule has 0 heterocycles. The van der Waals surface area contributed by atoms with Gasteiger partial charge in [0.2, 0.25) is 5.79 Å². The summed E-state index contributed by atoms with van der Waals surface area (Å²) in [6, 6.07) is 0. The molecule has 3 atom stereocenters. The lowest BCUT2D eigenvalue weighted by Gasteiger charge is -2.48. The smallest absolute Gasteiger partial charge is 0.227 e. The minimum absolute atomic E-state index is 0.187. The molecule has 1 saturated carbocycles. The van der Waals surface area contributed by atoms with Crippen molar-refractivity contribution in [2.45, 2.75) is 118 Å². The molecule has 0 aromatic heterocycles. The Hall–Kier alpha value is -0.160. The molecule has 0 aromatic carbocycles. The third kappa shape index (κ3) is 5.18. The van der Waals surface area contributed by atoms with Crippen LogP contribution in [0.1, 0.15) is 101 Å². The van der Waals surface area contributed by atoms with Crippen LogP contribution in [0.3, 0.4) is 0 Å². The van der Waals surface area contributed by atoms with Crippen LogP contribution in [0.15, 0.2) is 0 Å².